The van der Waals surface area contributed by atoms with Crippen LogP contribution in [0.3, 0.4) is 0 Å². The first-order valence-electron chi connectivity index (χ1n) is 8.63. The third-order valence-electron chi connectivity index (χ3n) is 4.65. The Labute approximate surface area is 154 Å². The summed E-state index contributed by atoms with van der Waals surface area (Å²) in [6, 6.07) is 8.35. The van der Waals surface area contributed by atoms with Gasteiger partial charge in [0, 0.05) is 33.1 Å². The maximum absolute atomic E-state index is 13.0. The van der Waals surface area contributed by atoms with Gasteiger partial charge in [0.2, 0.25) is 5.91 Å². The Morgan fingerprint density at radius 2 is 1.89 bits per heavy atom. The number of hydrogen-bond donors (Lipinski definition) is 0. The van der Waals surface area contributed by atoms with E-state index in [1.807, 2.05) is 12.1 Å². The summed E-state index contributed by atoms with van der Waals surface area (Å²) >= 11 is 0. The van der Waals surface area contributed by atoms with E-state index in [1.54, 1.807) is 24.1 Å². The summed E-state index contributed by atoms with van der Waals surface area (Å²) in [7, 11) is 0. The molecule has 1 amide bonds. The number of alkyl halides is 2. The number of imidazole rings is 1. The number of hydrogen-bond acceptors (Lipinski definition) is 5. The van der Waals surface area contributed by atoms with Gasteiger partial charge in [-0.3, -0.25) is 4.79 Å². The van der Waals surface area contributed by atoms with Crippen molar-refractivity contribution in [3.63, 3.8) is 0 Å². The average molecular weight is 372 g/mol. The van der Waals surface area contributed by atoms with Crippen molar-refractivity contribution in [1.29, 1.82) is 0 Å². The summed E-state index contributed by atoms with van der Waals surface area (Å²) in [5.74, 6) is 0.846. The fourth-order valence-electron chi connectivity index (χ4n) is 3.17. The topological polar surface area (TPSA) is 66.6 Å². The van der Waals surface area contributed by atoms with Crippen molar-refractivity contribution < 1.29 is 13.6 Å². The molecule has 4 heterocycles. The molecule has 0 radical (unpaired) electrons. The lowest BCUT2D eigenvalue weighted by molar-refractivity contribution is -0.129. The predicted octanol–water partition coefficient (Wildman–Crippen LogP) is 2.40. The number of aromatic nitrogens is 4. The Hall–Kier alpha value is -3.10. The molecule has 1 aliphatic heterocycles. The van der Waals surface area contributed by atoms with Crippen molar-refractivity contribution in [2.45, 2.75) is 13.3 Å². The maximum atomic E-state index is 13.0. The number of amides is 1. The van der Waals surface area contributed by atoms with Crippen LogP contribution < -0.4 is 4.90 Å². The van der Waals surface area contributed by atoms with Crippen LogP contribution in [0.5, 0.6) is 0 Å². The van der Waals surface area contributed by atoms with Crippen LogP contribution in [0.1, 0.15) is 19.0 Å². The fourth-order valence-corrected chi connectivity index (χ4v) is 3.17. The van der Waals surface area contributed by atoms with Crippen LogP contribution in [-0.2, 0) is 4.79 Å². The molecular weight excluding hydrogens is 354 g/mol. The van der Waals surface area contributed by atoms with E-state index in [2.05, 4.69) is 20.0 Å². The molecule has 1 saturated heterocycles. The highest BCUT2D eigenvalue weighted by molar-refractivity contribution is 5.73. The highest BCUT2D eigenvalue weighted by Crippen LogP contribution is 2.24. The molecule has 1 aliphatic rings. The summed E-state index contributed by atoms with van der Waals surface area (Å²) in [5.41, 5.74) is 1.33. The smallest absolute Gasteiger partial charge is 0.282 e. The summed E-state index contributed by atoms with van der Waals surface area (Å²) in [4.78, 5) is 24.3. The van der Waals surface area contributed by atoms with Crippen molar-refractivity contribution in [2.75, 3.05) is 31.1 Å². The van der Waals surface area contributed by atoms with Gasteiger partial charge in [-0.05, 0) is 24.3 Å². The van der Waals surface area contributed by atoms with Gasteiger partial charge in [0.15, 0.2) is 5.65 Å². The van der Waals surface area contributed by atoms with Gasteiger partial charge in [-0.1, -0.05) is 6.07 Å². The second-order valence-corrected chi connectivity index (χ2v) is 6.35. The van der Waals surface area contributed by atoms with Crippen LogP contribution in [0.2, 0.25) is 0 Å². The number of carbonyl (C=O) groups excluding carboxylic acids is 1. The summed E-state index contributed by atoms with van der Waals surface area (Å²) < 4.78 is 27.4. The average Bonchev–Trinajstić information content (AvgIpc) is 3.11. The predicted molar refractivity (Wildman–Crippen MR) is 95.6 cm³/mol. The number of nitrogens with zero attached hydrogens (tertiary/aromatic N) is 6. The molecule has 0 bridgehead atoms. The van der Waals surface area contributed by atoms with Crippen molar-refractivity contribution in [3.05, 3.63) is 42.2 Å². The van der Waals surface area contributed by atoms with Crippen molar-refractivity contribution in [3.8, 4) is 11.4 Å². The molecule has 0 N–H and O–H groups in total. The van der Waals surface area contributed by atoms with Gasteiger partial charge in [0.25, 0.3) is 6.43 Å². The first-order chi connectivity index (χ1) is 13.0. The molecule has 3 aromatic heterocycles. The Bertz CT molecular complexity index is 981. The number of fused-ring (bicyclic) bond motifs is 1. The molecule has 27 heavy (non-hydrogen) atoms. The molecule has 3 aromatic rings. The van der Waals surface area contributed by atoms with Crippen molar-refractivity contribution in [1.82, 2.24) is 24.5 Å². The third kappa shape index (κ3) is 3.32. The van der Waals surface area contributed by atoms with E-state index in [1.165, 1.54) is 16.6 Å². The van der Waals surface area contributed by atoms with Gasteiger partial charge in [0.1, 0.15) is 17.2 Å². The Kier molecular flexibility index (Phi) is 4.43. The fraction of sp³-hybridized carbons (Fsp3) is 0.333. The van der Waals surface area contributed by atoms with Crippen molar-refractivity contribution >= 4 is 17.4 Å². The van der Waals surface area contributed by atoms with Crippen LogP contribution in [0.25, 0.3) is 17.0 Å². The normalized spacial score (nSPS) is 15.0. The molecule has 0 saturated carbocycles. The summed E-state index contributed by atoms with van der Waals surface area (Å²) in [6.45, 7) is 4.25. The third-order valence-corrected chi connectivity index (χ3v) is 4.65. The quantitative estimate of drug-likeness (QED) is 0.706. The molecule has 1 fully saturated rings. The van der Waals surface area contributed by atoms with Gasteiger partial charge in [-0.15, -0.1) is 0 Å². The number of carbonyl (C=O) groups is 1. The summed E-state index contributed by atoms with van der Waals surface area (Å²) in [5, 5.41) is 3.99. The van der Waals surface area contributed by atoms with Gasteiger partial charge in [0.05, 0.1) is 11.9 Å². The lowest BCUT2D eigenvalue weighted by atomic mass is 10.2. The van der Waals surface area contributed by atoms with Gasteiger partial charge in [-0.25, -0.2) is 23.3 Å². The van der Waals surface area contributed by atoms with Crippen LogP contribution in [-0.4, -0.2) is 56.6 Å². The Morgan fingerprint density at radius 3 is 2.59 bits per heavy atom. The second kappa shape index (κ2) is 6.90. The zero-order chi connectivity index (χ0) is 19.0. The number of pyridine rings is 1. The van der Waals surface area contributed by atoms with Gasteiger partial charge >= 0.3 is 0 Å². The SMILES string of the molecule is CC(=O)N1CCN(c2cccc(-c3cnc4ccc(C(F)F)nn34)n2)CC1. The number of halogens is 2. The summed E-state index contributed by atoms with van der Waals surface area (Å²) in [6.07, 6.45) is -1.07. The van der Waals surface area contributed by atoms with E-state index < -0.39 is 6.43 Å². The van der Waals surface area contributed by atoms with Crippen LogP contribution in [0, 0.1) is 0 Å². The van der Waals surface area contributed by atoms with Gasteiger partial charge in [-0.2, -0.15) is 5.10 Å². The van der Waals surface area contributed by atoms with E-state index in [-0.39, 0.29) is 11.6 Å². The maximum Gasteiger partial charge on any atom is 0.282 e. The largest absolute Gasteiger partial charge is 0.353 e. The zero-order valence-corrected chi connectivity index (χ0v) is 14.7. The lowest BCUT2D eigenvalue weighted by Crippen LogP contribution is -2.48. The molecular formula is C18H18F2N6O. The minimum absolute atomic E-state index is 0.0722. The molecule has 0 aromatic carbocycles. The molecule has 140 valence electrons. The van der Waals surface area contributed by atoms with E-state index in [4.69, 9.17) is 0 Å². The molecule has 4 rings (SSSR count). The molecule has 0 spiro atoms. The van der Waals surface area contributed by atoms with Crippen LogP contribution in [0.4, 0.5) is 14.6 Å². The van der Waals surface area contributed by atoms with Crippen LogP contribution >= 0.6 is 0 Å². The van der Waals surface area contributed by atoms with Crippen LogP contribution in [0.15, 0.2) is 36.5 Å². The minimum atomic E-state index is -2.65. The molecule has 0 unspecified atom stereocenters. The standard InChI is InChI=1S/C18H18F2N6O/c1-12(27)24-7-9-25(10-8-24)17-4-2-3-13(22-17)15-11-21-16-6-5-14(18(19)20)23-26(15)16/h2-6,11,18H,7-10H2,1H3. The number of rotatable bonds is 3. The van der Waals surface area contributed by atoms with E-state index in [9.17, 15) is 13.6 Å². The van der Waals surface area contributed by atoms with Crippen molar-refractivity contribution in [2.24, 2.45) is 0 Å². The molecule has 9 heteroatoms. The number of piperazine rings is 1. The monoisotopic (exact) mass is 372 g/mol. The Morgan fingerprint density at radius 1 is 1.11 bits per heavy atom. The van der Waals surface area contributed by atoms with E-state index in [0.717, 1.165) is 5.82 Å². The molecule has 7 nitrogen and oxygen atoms in total. The second-order valence-electron chi connectivity index (χ2n) is 6.35. The number of anilines is 1. The Balaban J connectivity index is 1.64. The van der Waals surface area contributed by atoms with Gasteiger partial charge < -0.3 is 9.80 Å². The molecule has 0 aliphatic carbocycles. The van der Waals surface area contributed by atoms with E-state index >= 15 is 0 Å². The molecule has 0 atom stereocenters. The minimum Gasteiger partial charge on any atom is -0.353 e. The highest BCUT2D eigenvalue weighted by Gasteiger charge is 2.20. The highest BCUT2D eigenvalue weighted by atomic mass is 19.3. The van der Waals surface area contributed by atoms with E-state index in [0.29, 0.717) is 43.2 Å². The first-order valence-corrected chi connectivity index (χ1v) is 8.63. The first kappa shape index (κ1) is 17.3. The zero-order valence-electron chi connectivity index (χ0n) is 14.7. The lowest BCUT2D eigenvalue weighted by Gasteiger charge is -2.35.